The topological polar surface area (TPSA) is 99.6 Å². The summed E-state index contributed by atoms with van der Waals surface area (Å²) in [6.45, 7) is 1.09. The van der Waals surface area contributed by atoms with E-state index in [4.69, 9.17) is 20.9 Å². The minimum absolute atomic E-state index is 0.327. The van der Waals surface area contributed by atoms with Gasteiger partial charge in [0.1, 0.15) is 5.75 Å². The van der Waals surface area contributed by atoms with Crippen LogP contribution in [0.25, 0.3) is 0 Å². The maximum Gasteiger partial charge on any atom is 0.248 e. The Bertz CT molecular complexity index is 421. The van der Waals surface area contributed by atoms with Crippen LogP contribution in [-0.4, -0.2) is 33.3 Å². The summed E-state index contributed by atoms with van der Waals surface area (Å²) < 4.78 is 10.5. The highest BCUT2D eigenvalue weighted by Gasteiger charge is 2.11. The first kappa shape index (κ1) is 14.1. The van der Waals surface area contributed by atoms with Gasteiger partial charge in [-0.2, -0.15) is 0 Å². The molecule has 100 valence electrons. The Morgan fingerprint density at radius 2 is 2.11 bits per heavy atom. The lowest BCUT2D eigenvalue weighted by atomic mass is 10.1. The lowest BCUT2D eigenvalue weighted by molar-refractivity contribution is 0.0999. The van der Waals surface area contributed by atoms with E-state index in [0.717, 1.165) is 6.42 Å². The largest absolute Gasteiger partial charge is 0.491 e. The van der Waals surface area contributed by atoms with E-state index in [1.54, 1.807) is 20.2 Å². The molecule has 1 aromatic rings. The SMILES string of the molecule is CNc1c(N)cc(C(N)=O)cc1OCCCOC. The second-order valence-corrected chi connectivity index (χ2v) is 3.75. The Hall–Kier alpha value is -1.95. The van der Waals surface area contributed by atoms with Crippen molar-refractivity contribution in [3.8, 4) is 5.75 Å². The fraction of sp³-hybridized carbons (Fsp3) is 0.417. The quantitative estimate of drug-likeness (QED) is 0.493. The van der Waals surface area contributed by atoms with Crippen LogP contribution in [-0.2, 0) is 4.74 Å². The van der Waals surface area contributed by atoms with Crippen LogP contribution in [0.15, 0.2) is 12.1 Å². The van der Waals surface area contributed by atoms with Gasteiger partial charge in [0, 0.05) is 32.7 Å². The van der Waals surface area contributed by atoms with E-state index in [2.05, 4.69) is 5.32 Å². The molecule has 0 saturated carbocycles. The van der Waals surface area contributed by atoms with E-state index >= 15 is 0 Å². The maximum absolute atomic E-state index is 11.2. The second kappa shape index (κ2) is 6.70. The van der Waals surface area contributed by atoms with E-state index in [1.165, 1.54) is 6.07 Å². The van der Waals surface area contributed by atoms with Crippen LogP contribution < -0.4 is 21.5 Å². The summed E-state index contributed by atoms with van der Waals surface area (Å²) in [6, 6.07) is 3.10. The molecular formula is C12H19N3O3. The van der Waals surface area contributed by atoms with Gasteiger partial charge >= 0.3 is 0 Å². The van der Waals surface area contributed by atoms with Gasteiger partial charge in [-0.25, -0.2) is 0 Å². The van der Waals surface area contributed by atoms with E-state index in [9.17, 15) is 4.79 Å². The molecule has 5 N–H and O–H groups in total. The summed E-state index contributed by atoms with van der Waals surface area (Å²) in [5, 5.41) is 2.94. The molecule has 6 heteroatoms. The van der Waals surface area contributed by atoms with Crippen LogP contribution in [0.3, 0.4) is 0 Å². The number of primary amides is 1. The Morgan fingerprint density at radius 1 is 1.39 bits per heavy atom. The predicted molar refractivity (Wildman–Crippen MR) is 70.9 cm³/mol. The zero-order valence-corrected chi connectivity index (χ0v) is 10.7. The summed E-state index contributed by atoms with van der Waals surface area (Å²) in [5.74, 6) is -0.0199. The monoisotopic (exact) mass is 253 g/mol. The zero-order chi connectivity index (χ0) is 13.5. The average molecular weight is 253 g/mol. The van der Waals surface area contributed by atoms with Crippen molar-refractivity contribution < 1.29 is 14.3 Å². The second-order valence-electron chi connectivity index (χ2n) is 3.75. The maximum atomic E-state index is 11.2. The Labute approximate surface area is 106 Å². The molecule has 0 unspecified atom stereocenters. The normalized spacial score (nSPS) is 10.1. The van der Waals surface area contributed by atoms with Crippen molar-refractivity contribution in [1.29, 1.82) is 0 Å². The van der Waals surface area contributed by atoms with Gasteiger partial charge in [0.25, 0.3) is 0 Å². The molecule has 18 heavy (non-hydrogen) atoms. The molecule has 0 spiro atoms. The number of hydrogen-bond donors (Lipinski definition) is 3. The number of nitrogens with two attached hydrogens (primary N) is 2. The van der Waals surface area contributed by atoms with Crippen molar-refractivity contribution in [2.75, 3.05) is 38.4 Å². The third-order valence-corrected chi connectivity index (χ3v) is 2.42. The molecule has 0 atom stereocenters. The fourth-order valence-electron chi connectivity index (χ4n) is 1.55. The number of anilines is 2. The van der Waals surface area contributed by atoms with Crippen LogP contribution in [0.5, 0.6) is 5.75 Å². The van der Waals surface area contributed by atoms with Crippen molar-refractivity contribution >= 4 is 17.3 Å². The van der Waals surface area contributed by atoms with E-state index in [0.29, 0.717) is 35.9 Å². The van der Waals surface area contributed by atoms with Crippen molar-refractivity contribution in [1.82, 2.24) is 0 Å². The van der Waals surface area contributed by atoms with Gasteiger partial charge in [0.2, 0.25) is 5.91 Å². The third kappa shape index (κ3) is 3.53. The van der Waals surface area contributed by atoms with Gasteiger partial charge in [-0.3, -0.25) is 4.79 Å². The number of ether oxygens (including phenoxy) is 2. The third-order valence-electron chi connectivity index (χ3n) is 2.42. The summed E-state index contributed by atoms with van der Waals surface area (Å²) >= 11 is 0. The molecule has 1 aromatic carbocycles. The molecule has 1 amide bonds. The van der Waals surface area contributed by atoms with Crippen molar-refractivity contribution in [3.05, 3.63) is 17.7 Å². The van der Waals surface area contributed by atoms with Crippen LogP contribution in [0.1, 0.15) is 16.8 Å². The first-order valence-corrected chi connectivity index (χ1v) is 5.63. The van der Waals surface area contributed by atoms with Gasteiger partial charge in [0.05, 0.1) is 18.0 Å². The van der Waals surface area contributed by atoms with E-state index in [-0.39, 0.29) is 0 Å². The molecule has 0 bridgehead atoms. The lowest BCUT2D eigenvalue weighted by Gasteiger charge is -2.14. The predicted octanol–water partition coefficient (Wildman–Crippen LogP) is 0.825. The van der Waals surface area contributed by atoms with E-state index < -0.39 is 5.91 Å². The summed E-state index contributed by atoms with van der Waals surface area (Å²) in [7, 11) is 3.36. The van der Waals surface area contributed by atoms with Crippen molar-refractivity contribution in [3.63, 3.8) is 0 Å². The molecule has 0 aromatic heterocycles. The number of benzene rings is 1. The highest BCUT2D eigenvalue weighted by Crippen LogP contribution is 2.32. The van der Waals surface area contributed by atoms with Crippen molar-refractivity contribution in [2.45, 2.75) is 6.42 Å². The lowest BCUT2D eigenvalue weighted by Crippen LogP contribution is -2.13. The fourth-order valence-corrected chi connectivity index (χ4v) is 1.55. The zero-order valence-electron chi connectivity index (χ0n) is 10.7. The van der Waals surface area contributed by atoms with Gasteiger partial charge in [-0.15, -0.1) is 0 Å². The molecule has 0 fully saturated rings. The van der Waals surface area contributed by atoms with Crippen LogP contribution >= 0.6 is 0 Å². The number of carbonyl (C=O) groups excluding carboxylic acids is 1. The molecule has 0 radical (unpaired) electrons. The molecular weight excluding hydrogens is 234 g/mol. The van der Waals surface area contributed by atoms with Crippen LogP contribution in [0.2, 0.25) is 0 Å². The Kier molecular flexibility index (Phi) is 5.26. The van der Waals surface area contributed by atoms with Crippen LogP contribution in [0, 0.1) is 0 Å². The molecule has 0 aliphatic rings. The van der Waals surface area contributed by atoms with Crippen molar-refractivity contribution in [2.24, 2.45) is 5.73 Å². The molecule has 6 nitrogen and oxygen atoms in total. The smallest absolute Gasteiger partial charge is 0.248 e. The Morgan fingerprint density at radius 3 is 2.67 bits per heavy atom. The number of amides is 1. The molecule has 0 heterocycles. The number of nitrogens with one attached hydrogen (secondary N) is 1. The number of methoxy groups -OCH3 is 1. The molecule has 0 aliphatic carbocycles. The summed E-state index contributed by atoms with van der Waals surface area (Å²) in [4.78, 5) is 11.2. The van der Waals surface area contributed by atoms with Gasteiger partial charge in [0.15, 0.2) is 0 Å². The summed E-state index contributed by atoms with van der Waals surface area (Å²) in [6.07, 6.45) is 0.750. The number of rotatable bonds is 7. The highest BCUT2D eigenvalue weighted by atomic mass is 16.5. The number of hydrogen-bond acceptors (Lipinski definition) is 5. The van der Waals surface area contributed by atoms with Gasteiger partial charge in [-0.1, -0.05) is 0 Å². The van der Waals surface area contributed by atoms with Crippen LogP contribution in [0.4, 0.5) is 11.4 Å². The standard InChI is InChI=1S/C12H19N3O3/c1-15-11-9(13)6-8(12(14)16)7-10(11)18-5-3-4-17-2/h6-7,15H,3-5,13H2,1-2H3,(H2,14,16). The molecule has 0 saturated heterocycles. The van der Waals surface area contributed by atoms with E-state index in [1.807, 2.05) is 0 Å². The minimum Gasteiger partial charge on any atom is -0.491 e. The summed E-state index contributed by atoms with van der Waals surface area (Å²) in [5.41, 5.74) is 12.5. The molecule has 0 aliphatic heterocycles. The van der Waals surface area contributed by atoms with Gasteiger partial charge in [-0.05, 0) is 12.1 Å². The van der Waals surface area contributed by atoms with Gasteiger partial charge < -0.3 is 26.3 Å². The first-order chi connectivity index (χ1) is 8.60. The molecule has 1 rings (SSSR count). The minimum atomic E-state index is -0.536. The Balaban J connectivity index is 2.88. The first-order valence-electron chi connectivity index (χ1n) is 5.63. The number of nitrogen functional groups attached to an aromatic ring is 1. The average Bonchev–Trinajstić information content (AvgIpc) is 2.34. The number of carbonyl (C=O) groups is 1. The highest BCUT2D eigenvalue weighted by molar-refractivity contribution is 5.96.